The van der Waals surface area contributed by atoms with Crippen molar-refractivity contribution in [2.24, 2.45) is 0 Å². The number of rotatable bonds is 5. The number of anilines is 1. The molecule has 2 heterocycles. The molecule has 3 aromatic rings. The van der Waals surface area contributed by atoms with Crippen LogP contribution in [0.1, 0.15) is 0 Å². The molecule has 1 aromatic carbocycles. The van der Waals surface area contributed by atoms with E-state index >= 15 is 0 Å². The van der Waals surface area contributed by atoms with Crippen LogP contribution in [0, 0.1) is 0 Å². The van der Waals surface area contributed by atoms with Gasteiger partial charge in [0.2, 0.25) is 5.91 Å². The first kappa shape index (κ1) is 15.9. The van der Waals surface area contributed by atoms with Crippen molar-refractivity contribution in [3.05, 3.63) is 64.3 Å². The van der Waals surface area contributed by atoms with Crippen LogP contribution >= 0.6 is 11.3 Å². The van der Waals surface area contributed by atoms with Gasteiger partial charge >= 0.3 is 0 Å². The number of nitrogens with one attached hydrogen (secondary N) is 1. The van der Waals surface area contributed by atoms with Gasteiger partial charge in [0.05, 0.1) is 17.7 Å². The molecule has 0 unspecified atom stereocenters. The Morgan fingerprint density at radius 1 is 1.21 bits per heavy atom. The number of thiophene rings is 1. The van der Waals surface area contributed by atoms with Gasteiger partial charge in [-0.25, -0.2) is 4.68 Å². The fourth-order valence-electron chi connectivity index (χ4n) is 2.19. The molecule has 0 spiro atoms. The summed E-state index contributed by atoms with van der Waals surface area (Å²) in [5.74, 6) is 0.205. The standard InChI is InChI=1S/C17H15N3O3S/c1-23-14-6-3-2-5-12(14)18-16(21)11-20-17(22)9-8-13(19-20)15-7-4-10-24-15/h2-10H,11H2,1H3,(H,18,21). The normalized spacial score (nSPS) is 10.4. The van der Waals surface area contributed by atoms with Gasteiger partial charge in [-0.1, -0.05) is 18.2 Å². The fraction of sp³-hybridized carbons (Fsp3) is 0.118. The Balaban J connectivity index is 1.79. The zero-order valence-corrected chi connectivity index (χ0v) is 13.7. The molecule has 0 saturated carbocycles. The van der Waals surface area contributed by atoms with Crippen molar-refractivity contribution in [2.45, 2.75) is 6.54 Å². The number of aromatic nitrogens is 2. The Morgan fingerprint density at radius 2 is 2.04 bits per heavy atom. The molecule has 24 heavy (non-hydrogen) atoms. The number of methoxy groups -OCH3 is 1. The third-order valence-corrected chi connectivity index (χ3v) is 4.21. The molecule has 7 heteroatoms. The van der Waals surface area contributed by atoms with E-state index in [4.69, 9.17) is 4.74 Å². The zero-order chi connectivity index (χ0) is 16.9. The lowest BCUT2D eigenvalue weighted by Gasteiger charge is -2.10. The Hall–Kier alpha value is -2.93. The van der Waals surface area contributed by atoms with E-state index in [0.29, 0.717) is 17.1 Å². The van der Waals surface area contributed by atoms with Crippen molar-refractivity contribution < 1.29 is 9.53 Å². The summed E-state index contributed by atoms with van der Waals surface area (Å²) in [6.07, 6.45) is 0. The Labute approximate surface area is 142 Å². The molecule has 1 N–H and O–H groups in total. The van der Waals surface area contributed by atoms with Crippen molar-refractivity contribution >= 4 is 22.9 Å². The number of hydrogen-bond donors (Lipinski definition) is 1. The molecular weight excluding hydrogens is 326 g/mol. The predicted octanol–water partition coefficient (Wildman–Crippen LogP) is 2.62. The van der Waals surface area contributed by atoms with E-state index in [1.54, 1.807) is 24.3 Å². The van der Waals surface area contributed by atoms with Gasteiger partial charge in [-0.2, -0.15) is 5.10 Å². The third-order valence-electron chi connectivity index (χ3n) is 3.31. The molecule has 0 atom stereocenters. The van der Waals surface area contributed by atoms with E-state index < -0.39 is 0 Å². The van der Waals surface area contributed by atoms with Gasteiger partial charge in [-0.3, -0.25) is 9.59 Å². The molecule has 6 nitrogen and oxygen atoms in total. The minimum atomic E-state index is -0.350. The van der Waals surface area contributed by atoms with Gasteiger partial charge in [0.15, 0.2) is 0 Å². The van der Waals surface area contributed by atoms with Gasteiger partial charge in [0.1, 0.15) is 18.0 Å². The van der Waals surface area contributed by atoms with Crippen molar-refractivity contribution in [1.29, 1.82) is 0 Å². The maximum atomic E-state index is 12.2. The number of carbonyl (C=O) groups excluding carboxylic acids is 1. The number of hydrogen-bond acceptors (Lipinski definition) is 5. The Kier molecular flexibility index (Phi) is 4.72. The predicted molar refractivity (Wildman–Crippen MR) is 93.4 cm³/mol. The summed E-state index contributed by atoms with van der Waals surface area (Å²) in [4.78, 5) is 25.1. The summed E-state index contributed by atoms with van der Waals surface area (Å²) in [6, 6.07) is 14.0. The van der Waals surface area contributed by atoms with Crippen LogP contribution in [0.3, 0.4) is 0 Å². The second kappa shape index (κ2) is 7.10. The molecule has 0 radical (unpaired) electrons. The molecule has 2 aromatic heterocycles. The van der Waals surface area contributed by atoms with Gasteiger partial charge in [0, 0.05) is 6.07 Å². The average Bonchev–Trinajstić information content (AvgIpc) is 3.12. The van der Waals surface area contributed by atoms with E-state index in [1.807, 2.05) is 23.6 Å². The molecular formula is C17H15N3O3S. The lowest BCUT2D eigenvalue weighted by atomic mass is 10.3. The monoisotopic (exact) mass is 341 g/mol. The summed E-state index contributed by atoms with van der Waals surface area (Å²) in [5.41, 5.74) is 0.882. The van der Waals surface area contributed by atoms with Gasteiger partial charge in [-0.15, -0.1) is 11.3 Å². The highest BCUT2D eigenvalue weighted by Crippen LogP contribution is 2.23. The first-order valence-corrected chi connectivity index (χ1v) is 8.10. The van der Waals surface area contributed by atoms with Crippen molar-refractivity contribution in [3.63, 3.8) is 0 Å². The number of carbonyl (C=O) groups is 1. The minimum absolute atomic E-state index is 0.171. The average molecular weight is 341 g/mol. The Bertz CT molecular complexity index is 903. The molecule has 0 fully saturated rings. The topological polar surface area (TPSA) is 73.2 Å². The van der Waals surface area contributed by atoms with Crippen LogP contribution in [0.2, 0.25) is 0 Å². The maximum Gasteiger partial charge on any atom is 0.267 e. The SMILES string of the molecule is COc1ccccc1NC(=O)Cn1nc(-c2cccs2)ccc1=O. The van der Waals surface area contributed by atoms with E-state index in [9.17, 15) is 9.59 Å². The number of ether oxygens (including phenoxy) is 1. The largest absolute Gasteiger partial charge is 0.495 e. The van der Waals surface area contributed by atoms with E-state index in [2.05, 4.69) is 10.4 Å². The summed E-state index contributed by atoms with van der Waals surface area (Å²) in [7, 11) is 1.53. The second-order valence-corrected chi connectivity index (χ2v) is 5.89. The van der Waals surface area contributed by atoms with Crippen LogP contribution in [0.15, 0.2) is 58.7 Å². The van der Waals surface area contributed by atoms with Crippen LogP contribution in [-0.4, -0.2) is 22.8 Å². The van der Waals surface area contributed by atoms with Crippen LogP contribution in [0.5, 0.6) is 5.75 Å². The quantitative estimate of drug-likeness (QED) is 0.774. The van der Waals surface area contributed by atoms with Crippen LogP contribution in [0.4, 0.5) is 5.69 Å². The highest BCUT2D eigenvalue weighted by molar-refractivity contribution is 7.13. The molecule has 122 valence electrons. The van der Waals surface area contributed by atoms with Gasteiger partial charge in [0.25, 0.3) is 5.56 Å². The lowest BCUT2D eigenvalue weighted by molar-refractivity contribution is -0.117. The minimum Gasteiger partial charge on any atom is -0.495 e. The van der Waals surface area contributed by atoms with Crippen molar-refractivity contribution in [1.82, 2.24) is 9.78 Å². The molecule has 0 bridgehead atoms. The lowest BCUT2D eigenvalue weighted by Crippen LogP contribution is -2.29. The number of nitrogens with zero attached hydrogens (tertiary/aromatic N) is 2. The van der Waals surface area contributed by atoms with Crippen LogP contribution in [-0.2, 0) is 11.3 Å². The maximum absolute atomic E-state index is 12.2. The second-order valence-electron chi connectivity index (χ2n) is 4.94. The summed E-state index contributed by atoms with van der Waals surface area (Å²) in [6.45, 7) is -0.171. The first-order valence-electron chi connectivity index (χ1n) is 7.22. The van der Waals surface area contributed by atoms with Crippen molar-refractivity contribution in [3.8, 4) is 16.3 Å². The summed E-state index contributed by atoms with van der Waals surface area (Å²) >= 11 is 1.52. The molecule has 0 saturated heterocycles. The fourth-order valence-corrected chi connectivity index (χ4v) is 2.88. The molecule has 0 aliphatic rings. The highest BCUT2D eigenvalue weighted by atomic mass is 32.1. The molecule has 1 amide bonds. The Morgan fingerprint density at radius 3 is 2.79 bits per heavy atom. The van der Waals surface area contributed by atoms with E-state index in [-0.39, 0.29) is 18.0 Å². The molecule has 0 aliphatic carbocycles. The number of amides is 1. The van der Waals surface area contributed by atoms with Crippen molar-refractivity contribution in [2.75, 3.05) is 12.4 Å². The van der Waals surface area contributed by atoms with Gasteiger partial charge in [-0.05, 0) is 29.6 Å². The van der Waals surface area contributed by atoms with Crippen LogP contribution in [0.25, 0.3) is 10.6 Å². The third kappa shape index (κ3) is 3.52. The van der Waals surface area contributed by atoms with Crippen LogP contribution < -0.4 is 15.6 Å². The van der Waals surface area contributed by atoms with E-state index in [1.165, 1.54) is 24.5 Å². The van der Waals surface area contributed by atoms with Gasteiger partial charge < -0.3 is 10.1 Å². The highest BCUT2D eigenvalue weighted by Gasteiger charge is 2.10. The number of benzene rings is 1. The first-order chi connectivity index (χ1) is 11.7. The van der Waals surface area contributed by atoms with E-state index in [0.717, 1.165) is 9.56 Å². The summed E-state index contributed by atoms with van der Waals surface area (Å²) < 4.78 is 6.34. The zero-order valence-electron chi connectivity index (χ0n) is 12.9. The smallest absolute Gasteiger partial charge is 0.267 e. The summed E-state index contributed by atoms with van der Waals surface area (Å²) in [5, 5.41) is 8.92. The number of para-hydroxylation sites is 2. The molecule has 0 aliphatic heterocycles. The molecule has 3 rings (SSSR count).